The van der Waals surface area contributed by atoms with Crippen LogP contribution in [0.25, 0.3) is 0 Å². The molecule has 1 aromatic heterocycles. The van der Waals surface area contributed by atoms with Gasteiger partial charge in [-0.25, -0.2) is 0 Å². The van der Waals surface area contributed by atoms with Crippen molar-refractivity contribution in [2.75, 3.05) is 26.7 Å². The van der Waals surface area contributed by atoms with E-state index in [-0.39, 0.29) is 24.0 Å². The Hall–Kier alpha value is -1.68. The summed E-state index contributed by atoms with van der Waals surface area (Å²) in [6, 6.07) is 11.2. The molecule has 0 bridgehead atoms. The van der Waals surface area contributed by atoms with Gasteiger partial charge in [0.25, 0.3) is 0 Å². The highest BCUT2D eigenvalue weighted by molar-refractivity contribution is 14.0. The van der Waals surface area contributed by atoms with Gasteiger partial charge in [0.15, 0.2) is 5.96 Å². The lowest BCUT2D eigenvalue weighted by Crippen LogP contribution is -2.48. The highest BCUT2D eigenvalue weighted by atomic mass is 127. The molecule has 0 unspecified atom stereocenters. The minimum absolute atomic E-state index is 0. The molecule has 7 nitrogen and oxygen atoms in total. The number of unbranched alkanes of at least 4 members (excludes halogenated alkanes) is 1. The SMILES string of the molecule is CN=C(NCCCCn1cnnc1)NC1CCN(Cc2ccccc2)CC1.I. The highest BCUT2D eigenvalue weighted by Crippen LogP contribution is 2.13. The average Bonchev–Trinajstić information content (AvgIpc) is 3.22. The predicted octanol–water partition coefficient (Wildman–Crippen LogP) is 2.51. The second-order valence-corrected chi connectivity index (χ2v) is 7.09. The zero-order valence-corrected chi connectivity index (χ0v) is 19.0. The Morgan fingerprint density at radius 1 is 1.11 bits per heavy atom. The van der Waals surface area contributed by atoms with E-state index in [4.69, 9.17) is 0 Å². The smallest absolute Gasteiger partial charge is 0.191 e. The van der Waals surface area contributed by atoms with Crippen molar-refractivity contribution >= 4 is 29.9 Å². The largest absolute Gasteiger partial charge is 0.356 e. The molecule has 0 spiro atoms. The predicted molar refractivity (Wildman–Crippen MR) is 124 cm³/mol. The van der Waals surface area contributed by atoms with E-state index in [9.17, 15) is 0 Å². The van der Waals surface area contributed by atoms with E-state index in [1.807, 2.05) is 11.6 Å². The first-order valence-corrected chi connectivity index (χ1v) is 9.89. The maximum Gasteiger partial charge on any atom is 0.191 e. The first-order valence-electron chi connectivity index (χ1n) is 9.89. The summed E-state index contributed by atoms with van der Waals surface area (Å²) in [6.45, 7) is 5.19. The van der Waals surface area contributed by atoms with E-state index < -0.39 is 0 Å². The normalized spacial score (nSPS) is 15.8. The van der Waals surface area contributed by atoms with Crippen molar-refractivity contribution in [1.82, 2.24) is 30.3 Å². The van der Waals surface area contributed by atoms with Crippen LogP contribution < -0.4 is 10.6 Å². The van der Waals surface area contributed by atoms with Gasteiger partial charge in [0.2, 0.25) is 0 Å². The quantitative estimate of drug-likeness (QED) is 0.254. The Balaban J connectivity index is 0.00000280. The number of halogens is 1. The minimum atomic E-state index is 0. The van der Waals surface area contributed by atoms with Crippen molar-refractivity contribution in [1.29, 1.82) is 0 Å². The van der Waals surface area contributed by atoms with Crippen molar-refractivity contribution in [2.45, 2.75) is 44.8 Å². The third-order valence-electron chi connectivity index (χ3n) is 5.00. The Morgan fingerprint density at radius 2 is 1.82 bits per heavy atom. The molecule has 1 aromatic carbocycles. The minimum Gasteiger partial charge on any atom is -0.356 e. The summed E-state index contributed by atoms with van der Waals surface area (Å²) in [6.07, 6.45) is 8.02. The summed E-state index contributed by atoms with van der Waals surface area (Å²) in [5.74, 6) is 0.917. The number of hydrogen-bond donors (Lipinski definition) is 2. The Bertz CT molecular complexity index is 667. The molecule has 28 heavy (non-hydrogen) atoms. The molecule has 0 atom stereocenters. The van der Waals surface area contributed by atoms with Crippen LogP contribution in [0.4, 0.5) is 0 Å². The lowest BCUT2D eigenvalue weighted by molar-refractivity contribution is 0.198. The summed E-state index contributed by atoms with van der Waals surface area (Å²) in [5, 5.41) is 14.7. The van der Waals surface area contributed by atoms with Gasteiger partial charge in [0.05, 0.1) is 0 Å². The van der Waals surface area contributed by atoms with Gasteiger partial charge in [-0.1, -0.05) is 30.3 Å². The molecule has 0 amide bonds. The Labute approximate surface area is 185 Å². The molecule has 154 valence electrons. The molecular formula is C20H32IN7. The number of hydrogen-bond acceptors (Lipinski definition) is 4. The first kappa shape index (κ1) is 22.6. The number of rotatable bonds is 8. The molecule has 1 fully saturated rings. The van der Waals surface area contributed by atoms with Gasteiger partial charge in [0.1, 0.15) is 12.7 Å². The third-order valence-corrected chi connectivity index (χ3v) is 5.00. The number of aryl methyl sites for hydroxylation is 1. The fraction of sp³-hybridized carbons (Fsp3) is 0.550. The fourth-order valence-electron chi connectivity index (χ4n) is 3.43. The van der Waals surface area contributed by atoms with Crippen molar-refractivity contribution in [3.8, 4) is 0 Å². The maximum absolute atomic E-state index is 4.37. The van der Waals surface area contributed by atoms with Crippen LogP contribution in [0, 0.1) is 0 Å². The molecule has 2 N–H and O–H groups in total. The van der Waals surface area contributed by atoms with E-state index in [2.05, 4.69) is 61.1 Å². The molecule has 2 aromatic rings. The Morgan fingerprint density at radius 3 is 2.50 bits per heavy atom. The molecule has 1 aliphatic heterocycles. The van der Waals surface area contributed by atoms with E-state index in [0.717, 1.165) is 64.4 Å². The fourth-order valence-corrected chi connectivity index (χ4v) is 3.43. The molecule has 3 rings (SSSR count). The number of likely N-dealkylation sites (tertiary alicyclic amines) is 1. The van der Waals surface area contributed by atoms with E-state index in [0.29, 0.717) is 6.04 Å². The second kappa shape index (κ2) is 12.7. The zero-order valence-electron chi connectivity index (χ0n) is 16.6. The summed E-state index contributed by atoms with van der Waals surface area (Å²) in [7, 11) is 1.84. The van der Waals surface area contributed by atoms with Gasteiger partial charge in [0, 0.05) is 45.8 Å². The third kappa shape index (κ3) is 7.75. The Kier molecular flexibility index (Phi) is 10.3. The van der Waals surface area contributed by atoms with Crippen molar-refractivity contribution in [3.05, 3.63) is 48.5 Å². The lowest BCUT2D eigenvalue weighted by atomic mass is 10.0. The van der Waals surface area contributed by atoms with Crippen molar-refractivity contribution in [2.24, 2.45) is 4.99 Å². The van der Waals surface area contributed by atoms with Crippen LogP contribution >= 0.6 is 24.0 Å². The number of piperidine rings is 1. The van der Waals surface area contributed by atoms with E-state index in [1.165, 1.54) is 5.56 Å². The van der Waals surface area contributed by atoms with Crippen LogP contribution in [0.15, 0.2) is 48.0 Å². The summed E-state index contributed by atoms with van der Waals surface area (Å²) in [5.41, 5.74) is 1.40. The molecule has 8 heteroatoms. The van der Waals surface area contributed by atoms with Gasteiger partial charge >= 0.3 is 0 Å². The topological polar surface area (TPSA) is 70.4 Å². The molecule has 1 saturated heterocycles. The van der Waals surface area contributed by atoms with Gasteiger partial charge in [-0.05, 0) is 31.2 Å². The van der Waals surface area contributed by atoms with Gasteiger partial charge in [-0.3, -0.25) is 9.89 Å². The van der Waals surface area contributed by atoms with Crippen molar-refractivity contribution in [3.63, 3.8) is 0 Å². The molecule has 0 aliphatic carbocycles. The number of guanidine groups is 1. The monoisotopic (exact) mass is 497 g/mol. The molecule has 0 radical (unpaired) electrons. The summed E-state index contributed by atoms with van der Waals surface area (Å²) >= 11 is 0. The zero-order chi connectivity index (χ0) is 18.7. The van der Waals surface area contributed by atoms with Crippen LogP contribution in [0.3, 0.4) is 0 Å². The number of aliphatic imine (C=N–C) groups is 1. The summed E-state index contributed by atoms with van der Waals surface area (Å²) < 4.78 is 2.01. The van der Waals surface area contributed by atoms with Crippen LogP contribution in [-0.4, -0.2) is 58.3 Å². The van der Waals surface area contributed by atoms with Gasteiger partial charge in [-0.2, -0.15) is 0 Å². The van der Waals surface area contributed by atoms with Crippen LogP contribution in [-0.2, 0) is 13.1 Å². The van der Waals surface area contributed by atoms with Gasteiger partial charge in [-0.15, -0.1) is 34.2 Å². The van der Waals surface area contributed by atoms with Crippen molar-refractivity contribution < 1.29 is 0 Å². The molecule has 0 saturated carbocycles. The van der Waals surface area contributed by atoms with E-state index in [1.54, 1.807) is 12.7 Å². The average molecular weight is 497 g/mol. The van der Waals surface area contributed by atoms with Crippen LogP contribution in [0.5, 0.6) is 0 Å². The van der Waals surface area contributed by atoms with E-state index >= 15 is 0 Å². The standard InChI is InChI=1S/C20H31N7.HI/c1-21-20(22-11-5-6-12-27-16-23-24-17-27)25-19-9-13-26(14-10-19)15-18-7-3-2-4-8-18;/h2-4,7-8,16-17,19H,5-6,9-15H2,1H3,(H2,21,22,25);1H. The first-order chi connectivity index (χ1) is 13.3. The number of aromatic nitrogens is 3. The van der Waals surface area contributed by atoms with Crippen LogP contribution in [0.2, 0.25) is 0 Å². The molecule has 2 heterocycles. The highest BCUT2D eigenvalue weighted by Gasteiger charge is 2.19. The maximum atomic E-state index is 4.37. The van der Waals surface area contributed by atoms with Gasteiger partial charge < -0.3 is 15.2 Å². The number of benzene rings is 1. The second-order valence-electron chi connectivity index (χ2n) is 7.09. The number of nitrogens with zero attached hydrogens (tertiary/aromatic N) is 5. The van der Waals surface area contributed by atoms with Crippen LogP contribution in [0.1, 0.15) is 31.2 Å². The number of nitrogens with one attached hydrogen (secondary N) is 2. The molecular weight excluding hydrogens is 465 g/mol. The molecule has 1 aliphatic rings. The summed E-state index contributed by atoms with van der Waals surface area (Å²) in [4.78, 5) is 6.91. The lowest BCUT2D eigenvalue weighted by Gasteiger charge is -2.33.